The third kappa shape index (κ3) is 5.93. The highest BCUT2D eigenvalue weighted by molar-refractivity contribution is 7.89. The number of rotatable bonds is 8. The molecule has 1 unspecified atom stereocenters. The molecule has 156 valence electrons. The first-order valence-electron chi connectivity index (χ1n) is 9.68. The zero-order valence-electron chi connectivity index (χ0n) is 16.4. The molecule has 0 saturated carbocycles. The van der Waals surface area contributed by atoms with Crippen molar-refractivity contribution in [2.24, 2.45) is 0 Å². The number of amides is 2. The van der Waals surface area contributed by atoms with Crippen LogP contribution in [0.1, 0.15) is 45.1 Å². The summed E-state index contributed by atoms with van der Waals surface area (Å²) in [7, 11) is -3.49. The fraction of sp³-hybridized carbons (Fsp3) is 0.579. The SMILES string of the molecule is CCCS(=O)(=O)N1CCCCC1C(=O)NNC(=O)COc1ccccc1CC. The van der Waals surface area contributed by atoms with Crippen molar-refractivity contribution in [3.63, 3.8) is 0 Å². The quantitative estimate of drug-likeness (QED) is 0.629. The zero-order valence-corrected chi connectivity index (χ0v) is 17.3. The van der Waals surface area contributed by atoms with Crippen LogP contribution in [0.15, 0.2) is 24.3 Å². The first-order valence-corrected chi connectivity index (χ1v) is 11.3. The van der Waals surface area contributed by atoms with Crippen molar-refractivity contribution in [3.8, 4) is 5.75 Å². The Balaban J connectivity index is 1.88. The third-order valence-corrected chi connectivity index (χ3v) is 6.69. The second-order valence-electron chi connectivity index (χ2n) is 6.73. The number of hydrogen-bond donors (Lipinski definition) is 2. The van der Waals surface area contributed by atoms with E-state index in [-0.39, 0.29) is 12.4 Å². The number of nitrogens with one attached hydrogen (secondary N) is 2. The van der Waals surface area contributed by atoms with Gasteiger partial charge in [-0.2, -0.15) is 4.31 Å². The van der Waals surface area contributed by atoms with Crippen LogP contribution in [-0.2, 0) is 26.0 Å². The van der Waals surface area contributed by atoms with Gasteiger partial charge in [0.2, 0.25) is 10.0 Å². The monoisotopic (exact) mass is 411 g/mol. The van der Waals surface area contributed by atoms with Crippen LogP contribution in [0.4, 0.5) is 0 Å². The van der Waals surface area contributed by atoms with Gasteiger partial charge >= 0.3 is 0 Å². The lowest BCUT2D eigenvalue weighted by molar-refractivity contribution is -0.132. The minimum Gasteiger partial charge on any atom is -0.483 e. The van der Waals surface area contributed by atoms with Gasteiger partial charge in [-0.3, -0.25) is 20.4 Å². The van der Waals surface area contributed by atoms with Crippen molar-refractivity contribution in [1.29, 1.82) is 0 Å². The number of carbonyl (C=O) groups is 2. The van der Waals surface area contributed by atoms with Crippen LogP contribution in [0.3, 0.4) is 0 Å². The van der Waals surface area contributed by atoms with Gasteiger partial charge in [-0.05, 0) is 37.3 Å². The molecule has 0 spiro atoms. The maximum Gasteiger partial charge on any atom is 0.276 e. The van der Waals surface area contributed by atoms with Gasteiger partial charge < -0.3 is 4.74 Å². The second kappa shape index (κ2) is 10.4. The maximum absolute atomic E-state index is 12.5. The van der Waals surface area contributed by atoms with Crippen LogP contribution in [0.5, 0.6) is 5.75 Å². The molecule has 0 aromatic heterocycles. The molecule has 2 amide bonds. The van der Waals surface area contributed by atoms with Crippen molar-refractivity contribution in [2.45, 2.75) is 52.0 Å². The topological polar surface area (TPSA) is 105 Å². The van der Waals surface area contributed by atoms with Gasteiger partial charge in [0, 0.05) is 6.54 Å². The van der Waals surface area contributed by atoms with Crippen molar-refractivity contribution in [2.75, 3.05) is 18.9 Å². The molecule has 0 aliphatic carbocycles. The van der Waals surface area contributed by atoms with E-state index in [1.54, 1.807) is 13.0 Å². The molecular weight excluding hydrogens is 382 g/mol. The van der Waals surface area contributed by atoms with Gasteiger partial charge in [0.1, 0.15) is 11.8 Å². The molecule has 1 saturated heterocycles. The molecule has 0 radical (unpaired) electrons. The number of para-hydroxylation sites is 1. The molecule has 0 bridgehead atoms. The molecule has 1 aromatic rings. The zero-order chi connectivity index (χ0) is 20.6. The minimum absolute atomic E-state index is 0.00775. The molecule has 1 atom stereocenters. The summed E-state index contributed by atoms with van der Waals surface area (Å²) in [6.07, 6.45) is 3.19. The summed E-state index contributed by atoms with van der Waals surface area (Å²) in [5, 5.41) is 0. The lowest BCUT2D eigenvalue weighted by Crippen LogP contribution is -2.56. The highest BCUT2D eigenvalue weighted by Gasteiger charge is 2.36. The Morgan fingerprint density at radius 1 is 1.18 bits per heavy atom. The van der Waals surface area contributed by atoms with E-state index in [1.807, 2.05) is 25.1 Å². The third-order valence-electron chi connectivity index (χ3n) is 4.61. The highest BCUT2D eigenvalue weighted by Crippen LogP contribution is 2.21. The molecule has 9 heteroatoms. The Morgan fingerprint density at radius 3 is 2.64 bits per heavy atom. The van der Waals surface area contributed by atoms with Gasteiger partial charge in [0.05, 0.1) is 5.75 Å². The van der Waals surface area contributed by atoms with Gasteiger partial charge in [-0.15, -0.1) is 0 Å². The molecule has 28 heavy (non-hydrogen) atoms. The molecule has 1 fully saturated rings. The fourth-order valence-electron chi connectivity index (χ4n) is 3.21. The Bertz CT molecular complexity index is 782. The van der Waals surface area contributed by atoms with Crippen LogP contribution in [0.2, 0.25) is 0 Å². The van der Waals surface area contributed by atoms with Crippen molar-refractivity contribution in [1.82, 2.24) is 15.2 Å². The fourth-order valence-corrected chi connectivity index (χ4v) is 4.95. The predicted octanol–water partition coefficient (Wildman–Crippen LogP) is 1.37. The van der Waals surface area contributed by atoms with Crippen molar-refractivity contribution in [3.05, 3.63) is 29.8 Å². The Hall–Kier alpha value is -2.13. The van der Waals surface area contributed by atoms with E-state index < -0.39 is 27.9 Å². The number of piperidine rings is 1. The first-order chi connectivity index (χ1) is 13.4. The first kappa shape index (κ1) is 22.2. The van der Waals surface area contributed by atoms with Crippen molar-refractivity contribution >= 4 is 21.8 Å². The van der Waals surface area contributed by atoms with Gasteiger partial charge in [0.25, 0.3) is 11.8 Å². The molecule has 1 aliphatic rings. The van der Waals surface area contributed by atoms with Crippen LogP contribution in [-0.4, -0.2) is 49.5 Å². The van der Waals surface area contributed by atoms with E-state index in [2.05, 4.69) is 10.9 Å². The lowest BCUT2D eigenvalue weighted by atomic mass is 10.0. The van der Waals surface area contributed by atoms with Gasteiger partial charge in [0.15, 0.2) is 6.61 Å². The molecule has 1 aromatic carbocycles. The van der Waals surface area contributed by atoms with Gasteiger partial charge in [-0.1, -0.05) is 38.5 Å². The molecule has 2 rings (SSSR count). The van der Waals surface area contributed by atoms with E-state index in [9.17, 15) is 18.0 Å². The van der Waals surface area contributed by atoms with Crippen LogP contribution in [0, 0.1) is 0 Å². The second-order valence-corrected chi connectivity index (χ2v) is 8.77. The number of hydrazine groups is 1. The summed E-state index contributed by atoms with van der Waals surface area (Å²) < 4.78 is 31.6. The molecule has 1 aliphatic heterocycles. The normalized spacial score (nSPS) is 17.7. The smallest absolute Gasteiger partial charge is 0.276 e. The molecule has 8 nitrogen and oxygen atoms in total. The van der Waals surface area contributed by atoms with Crippen LogP contribution >= 0.6 is 0 Å². The van der Waals surface area contributed by atoms with E-state index >= 15 is 0 Å². The summed E-state index contributed by atoms with van der Waals surface area (Å²) in [6.45, 7) is 3.85. The van der Waals surface area contributed by atoms with Crippen LogP contribution < -0.4 is 15.6 Å². The summed E-state index contributed by atoms with van der Waals surface area (Å²) in [5.41, 5.74) is 5.63. The summed E-state index contributed by atoms with van der Waals surface area (Å²) in [5.74, 6) is -0.413. The van der Waals surface area contributed by atoms with E-state index in [1.165, 1.54) is 4.31 Å². The van der Waals surface area contributed by atoms with E-state index in [0.29, 0.717) is 25.1 Å². The highest BCUT2D eigenvalue weighted by atomic mass is 32.2. The largest absolute Gasteiger partial charge is 0.483 e. The number of hydrogen-bond acceptors (Lipinski definition) is 5. The summed E-state index contributed by atoms with van der Waals surface area (Å²) in [6, 6.07) is 6.62. The lowest BCUT2D eigenvalue weighted by Gasteiger charge is -2.33. The minimum atomic E-state index is -3.49. The Kier molecular flexibility index (Phi) is 8.25. The number of nitrogens with zero attached hydrogens (tertiary/aromatic N) is 1. The predicted molar refractivity (Wildman–Crippen MR) is 106 cm³/mol. The molecule has 2 N–H and O–H groups in total. The Labute approximate surface area is 166 Å². The summed E-state index contributed by atoms with van der Waals surface area (Å²) >= 11 is 0. The Morgan fingerprint density at radius 2 is 1.93 bits per heavy atom. The van der Waals surface area contributed by atoms with E-state index in [4.69, 9.17) is 4.74 Å². The molecule has 1 heterocycles. The number of benzene rings is 1. The average Bonchev–Trinajstić information content (AvgIpc) is 2.70. The maximum atomic E-state index is 12.5. The van der Waals surface area contributed by atoms with E-state index in [0.717, 1.165) is 24.8 Å². The van der Waals surface area contributed by atoms with Crippen molar-refractivity contribution < 1.29 is 22.7 Å². The average molecular weight is 412 g/mol. The standard InChI is InChI=1S/C19H29N3O5S/c1-3-13-28(25,26)22-12-8-7-10-16(22)19(24)21-20-18(23)14-27-17-11-6-5-9-15(17)4-2/h5-6,9,11,16H,3-4,7-8,10,12-14H2,1-2H3,(H,20,23)(H,21,24). The number of aryl methyl sites for hydroxylation is 1. The molecular formula is C19H29N3O5S. The number of sulfonamides is 1. The summed E-state index contributed by atoms with van der Waals surface area (Å²) in [4.78, 5) is 24.5. The van der Waals surface area contributed by atoms with Crippen LogP contribution in [0.25, 0.3) is 0 Å². The number of carbonyl (C=O) groups excluding carboxylic acids is 2. The number of ether oxygens (including phenoxy) is 1. The van der Waals surface area contributed by atoms with Gasteiger partial charge in [-0.25, -0.2) is 8.42 Å².